The highest BCUT2D eigenvalue weighted by atomic mass is 32.1. The Morgan fingerprint density at radius 1 is 1.18 bits per heavy atom. The van der Waals surface area contributed by atoms with Crippen LogP contribution in [0.2, 0.25) is 0 Å². The molecular formula is C22H16N4OS. The molecule has 0 spiro atoms. The Morgan fingerprint density at radius 2 is 1.93 bits per heavy atom. The molecule has 0 radical (unpaired) electrons. The van der Waals surface area contributed by atoms with Gasteiger partial charge in [-0.05, 0) is 30.1 Å². The molecule has 2 N–H and O–H groups in total. The van der Waals surface area contributed by atoms with Crippen LogP contribution in [0.25, 0.3) is 17.5 Å². The average Bonchev–Trinajstić information content (AvgIpc) is 3.05. The molecule has 136 valence electrons. The summed E-state index contributed by atoms with van der Waals surface area (Å²) < 4.78 is 2.32. The Hall–Kier alpha value is -3.61. The van der Waals surface area contributed by atoms with Gasteiger partial charge in [-0.2, -0.15) is 10.5 Å². The molecule has 2 aliphatic rings. The number of fused-ring (bicyclic) bond motifs is 1. The summed E-state index contributed by atoms with van der Waals surface area (Å²) in [6, 6.07) is 13.7. The number of hydrogen-bond donors (Lipinski definition) is 1. The number of hydrogen-bond acceptors (Lipinski definition) is 5. The van der Waals surface area contributed by atoms with Gasteiger partial charge in [0.2, 0.25) is 0 Å². The van der Waals surface area contributed by atoms with Gasteiger partial charge in [0.05, 0.1) is 33.7 Å². The summed E-state index contributed by atoms with van der Waals surface area (Å²) in [5, 5.41) is 19.6. The first-order valence-electron chi connectivity index (χ1n) is 8.84. The van der Waals surface area contributed by atoms with Gasteiger partial charge in [0, 0.05) is 0 Å². The Kier molecular flexibility index (Phi) is 4.57. The third-order valence-corrected chi connectivity index (χ3v) is 5.99. The van der Waals surface area contributed by atoms with Crippen molar-refractivity contribution >= 4 is 28.8 Å². The normalized spacial score (nSPS) is 19.1. The van der Waals surface area contributed by atoms with Gasteiger partial charge < -0.3 is 5.73 Å². The predicted octanol–water partition coefficient (Wildman–Crippen LogP) is 2.09. The van der Waals surface area contributed by atoms with Gasteiger partial charge in [-0.15, -0.1) is 11.3 Å². The number of thiazole rings is 1. The lowest BCUT2D eigenvalue weighted by atomic mass is 9.84. The van der Waals surface area contributed by atoms with Crippen LogP contribution in [0.15, 0.2) is 64.5 Å². The molecule has 1 aromatic heterocycles. The molecule has 2 heterocycles. The fourth-order valence-corrected chi connectivity index (χ4v) is 4.68. The van der Waals surface area contributed by atoms with E-state index in [4.69, 9.17) is 5.73 Å². The summed E-state index contributed by atoms with van der Waals surface area (Å²) in [5.41, 5.74) is 8.42. The fraction of sp³-hybridized carbons (Fsp3) is 0.136. The third kappa shape index (κ3) is 2.81. The highest BCUT2D eigenvalue weighted by Gasteiger charge is 2.31. The van der Waals surface area contributed by atoms with Crippen molar-refractivity contribution < 1.29 is 0 Å². The minimum atomic E-state index is -0.570. The fourth-order valence-electron chi connectivity index (χ4n) is 3.54. The maximum atomic E-state index is 13.0. The monoisotopic (exact) mass is 384 g/mol. The van der Waals surface area contributed by atoms with E-state index in [1.54, 1.807) is 0 Å². The number of aromatic nitrogens is 1. The van der Waals surface area contributed by atoms with Crippen molar-refractivity contribution in [2.24, 2.45) is 5.73 Å². The van der Waals surface area contributed by atoms with Crippen LogP contribution in [0, 0.1) is 22.7 Å². The molecule has 1 aromatic carbocycles. The second kappa shape index (κ2) is 7.19. The molecule has 0 amide bonds. The molecule has 1 aliphatic heterocycles. The molecule has 0 saturated carbocycles. The van der Waals surface area contributed by atoms with Gasteiger partial charge in [0.25, 0.3) is 5.56 Å². The van der Waals surface area contributed by atoms with Gasteiger partial charge in [-0.25, -0.2) is 0 Å². The van der Waals surface area contributed by atoms with E-state index in [9.17, 15) is 15.3 Å². The van der Waals surface area contributed by atoms with Gasteiger partial charge >= 0.3 is 0 Å². The van der Waals surface area contributed by atoms with Gasteiger partial charge in [-0.1, -0.05) is 48.6 Å². The van der Waals surface area contributed by atoms with Gasteiger partial charge in [-0.3, -0.25) is 9.36 Å². The minimum Gasteiger partial charge on any atom is -0.384 e. The topological polar surface area (TPSA) is 95.6 Å². The molecule has 4 rings (SSSR count). The van der Waals surface area contributed by atoms with Crippen LogP contribution < -0.4 is 20.5 Å². The number of rotatable bonds is 2. The summed E-state index contributed by atoms with van der Waals surface area (Å²) in [6.07, 6.45) is 9.68. The van der Waals surface area contributed by atoms with E-state index in [1.165, 1.54) is 15.9 Å². The largest absolute Gasteiger partial charge is 0.384 e. The van der Waals surface area contributed by atoms with Crippen molar-refractivity contribution in [3.05, 3.63) is 84.8 Å². The zero-order chi connectivity index (χ0) is 19.7. The van der Waals surface area contributed by atoms with Crippen molar-refractivity contribution in [1.29, 1.82) is 10.5 Å². The van der Waals surface area contributed by atoms with E-state index in [0.29, 0.717) is 14.8 Å². The summed E-state index contributed by atoms with van der Waals surface area (Å²) in [5.74, 6) is -0.470. The third-order valence-electron chi connectivity index (χ3n) is 4.88. The lowest BCUT2D eigenvalue weighted by molar-refractivity contribution is 0.906. The average molecular weight is 384 g/mol. The Bertz CT molecular complexity index is 1310. The van der Waals surface area contributed by atoms with Crippen LogP contribution in [-0.2, 0) is 0 Å². The Morgan fingerprint density at radius 3 is 2.57 bits per heavy atom. The van der Waals surface area contributed by atoms with Crippen LogP contribution in [0.1, 0.15) is 24.3 Å². The van der Waals surface area contributed by atoms with Crippen molar-refractivity contribution in [2.45, 2.75) is 18.8 Å². The van der Waals surface area contributed by atoms with Gasteiger partial charge in [0.1, 0.15) is 10.5 Å². The van der Waals surface area contributed by atoms with Crippen molar-refractivity contribution in [3.63, 3.8) is 0 Å². The summed E-state index contributed by atoms with van der Waals surface area (Å²) in [4.78, 5) is 13.0. The van der Waals surface area contributed by atoms with Crippen molar-refractivity contribution in [1.82, 2.24) is 4.57 Å². The number of nitriles is 2. The Labute approximate surface area is 165 Å². The molecule has 2 aromatic rings. The molecule has 1 unspecified atom stereocenters. The van der Waals surface area contributed by atoms with Crippen LogP contribution in [-0.4, -0.2) is 4.57 Å². The smallest absolute Gasteiger partial charge is 0.274 e. The molecule has 0 saturated heterocycles. The zero-order valence-corrected chi connectivity index (χ0v) is 15.7. The van der Waals surface area contributed by atoms with E-state index in [2.05, 4.69) is 18.2 Å². The molecule has 6 heteroatoms. The lowest BCUT2D eigenvalue weighted by Gasteiger charge is -2.22. The van der Waals surface area contributed by atoms with E-state index < -0.39 is 5.92 Å². The number of nitrogens with two attached hydrogens (primary N) is 1. The molecule has 28 heavy (non-hydrogen) atoms. The van der Waals surface area contributed by atoms with Crippen LogP contribution in [0.3, 0.4) is 0 Å². The van der Waals surface area contributed by atoms with Crippen LogP contribution in [0.4, 0.5) is 0 Å². The second-order valence-electron chi connectivity index (χ2n) is 6.54. The second-order valence-corrected chi connectivity index (χ2v) is 7.58. The van der Waals surface area contributed by atoms with E-state index in [1.807, 2.05) is 48.6 Å². The highest BCUT2D eigenvalue weighted by molar-refractivity contribution is 7.07. The first-order chi connectivity index (χ1) is 13.7. The number of benzene rings is 1. The van der Waals surface area contributed by atoms with Crippen molar-refractivity contribution in [3.8, 4) is 12.1 Å². The number of allylic oxidation sites excluding steroid dienone is 5. The minimum absolute atomic E-state index is 0.101. The molecule has 1 atom stereocenters. The first kappa shape index (κ1) is 17.8. The molecular weight excluding hydrogens is 368 g/mol. The first-order valence-corrected chi connectivity index (χ1v) is 9.66. The lowest BCUT2D eigenvalue weighted by Crippen LogP contribution is -2.38. The van der Waals surface area contributed by atoms with Crippen LogP contribution in [0.5, 0.6) is 0 Å². The summed E-state index contributed by atoms with van der Waals surface area (Å²) in [6.45, 7) is 0. The van der Waals surface area contributed by atoms with Crippen molar-refractivity contribution in [2.75, 3.05) is 0 Å². The van der Waals surface area contributed by atoms with E-state index in [0.717, 1.165) is 24.0 Å². The zero-order valence-electron chi connectivity index (χ0n) is 14.9. The highest BCUT2D eigenvalue weighted by Crippen LogP contribution is 2.35. The SMILES string of the molecule is N#CC1=C(N)n2c(s/c(=C\C3=CC=CCC3)c2=O)=C(C#N)C1c1ccccc1. The van der Waals surface area contributed by atoms with E-state index >= 15 is 0 Å². The van der Waals surface area contributed by atoms with Gasteiger partial charge in [0.15, 0.2) is 0 Å². The summed E-state index contributed by atoms with van der Waals surface area (Å²) >= 11 is 1.25. The van der Waals surface area contributed by atoms with E-state index in [-0.39, 0.29) is 17.0 Å². The molecule has 0 bridgehead atoms. The molecule has 5 nitrogen and oxygen atoms in total. The number of nitrogens with zero attached hydrogens (tertiary/aromatic N) is 3. The molecule has 0 fully saturated rings. The quantitative estimate of drug-likeness (QED) is 0.857. The maximum absolute atomic E-state index is 13.0. The summed E-state index contributed by atoms with van der Waals surface area (Å²) in [7, 11) is 0. The Balaban J connectivity index is 2.05. The standard InChI is InChI=1S/C22H16N4OS/c23-12-16-19(15-9-5-2-6-10-15)17(13-24)22-26(20(16)25)21(27)18(28-22)11-14-7-3-1-4-8-14/h1-3,5-7,9-11,19H,4,8,25H2/b18-11-. The maximum Gasteiger partial charge on any atom is 0.274 e. The predicted molar refractivity (Wildman–Crippen MR) is 110 cm³/mol. The molecule has 1 aliphatic carbocycles. The van der Waals surface area contributed by atoms with Crippen LogP contribution >= 0.6 is 11.3 Å².